The summed E-state index contributed by atoms with van der Waals surface area (Å²) in [4.78, 5) is 17.6. The van der Waals surface area contributed by atoms with Gasteiger partial charge in [0.1, 0.15) is 11.5 Å². The monoisotopic (exact) mass is 607 g/mol. The first-order valence-electron chi connectivity index (χ1n) is 14.3. The number of H-pyrrole nitrogens is 1. The Kier molecular flexibility index (Phi) is 7.99. The van der Waals surface area contributed by atoms with Gasteiger partial charge in [-0.2, -0.15) is 0 Å². The van der Waals surface area contributed by atoms with Crippen molar-refractivity contribution >= 4 is 31.8 Å². The third-order valence-electron chi connectivity index (χ3n) is 8.06. The number of nitrogens with one attached hydrogen (secondary N) is 2. The van der Waals surface area contributed by atoms with E-state index in [-0.39, 0.29) is 29.2 Å². The van der Waals surface area contributed by atoms with E-state index in [1.807, 2.05) is 78.9 Å². The average Bonchev–Trinajstić information content (AvgIpc) is 3.40. The fourth-order valence-corrected chi connectivity index (χ4v) is 7.12. The predicted molar refractivity (Wildman–Crippen MR) is 174 cm³/mol. The minimum atomic E-state index is -3.60. The summed E-state index contributed by atoms with van der Waals surface area (Å²) < 4.78 is 35.8. The first kappa shape index (κ1) is 29.2. The van der Waals surface area contributed by atoms with E-state index in [1.54, 1.807) is 43.0 Å². The van der Waals surface area contributed by atoms with Gasteiger partial charge in [0.15, 0.2) is 0 Å². The molecule has 0 amide bonds. The molecule has 0 bridgehead atoms. The van der Waals surface area contributed by atoms with Crippen molar-refractivity contribution in [2.24, 2.45) is 7.05 Å². The van der Waals surface area contributed by atoms with Gasteiger partial charge in [0.2, 0.25) is 10.0 Å². The number of nitrogens with zero attached hydrogens (tertiary/aromatic N) is 1. The van der Waals surface area contributed by atoms with Crippen molar-refractivity contribution in [2.75, 3.05) is 13.7 Å². The van der Waals surface area contributed by atoms with Crippen LogP contribution in [0.2, 0.25) is 0 Å². The van der Waals surface area contributed by atoms with Crippen LogP contribution in [0.1, 0.15) is 33.9 Å². The molecule has 224 valence electrons. The number of hydrogen-bond donors (Lipinski definition) is 3. The van der Waals surface area contributed by atoms with Gasteiger partial charge in [-0.1, -0.05) is 72.8 Å². The summed E-state index contributed by atoms with van der Waals surface area (Å²) in [5.41, 5.74) is 4.34. The van der Waals surface area contributed by atoms with Gasteiger partial charge < -0.3 is 19.4 Å². The second-order valence-corrected chi connectivity index (χ2v) is 12.6. The van der Waals surface area contributed by atoms with Gasteiger partial charge >= 0.3 is 0 Å². The molecule has 0 saturated carbocycles. The number of benzene rings is 4. The SMILES string of the molecule is COc1cccc(C(c2[nH]c3ccccc3c2CCNS(=O)(=O)Cc2ccccc2)c2c(O)c3ccccc3n(C)c2=O)c1. The van der Waals surface area contributed by atoms with E-state index in [9.17, 15) is 18.3 Å². The maximum atomic E-state index is 14.1. The van der Waals surface area contributed by atoms with Crippen LogP contribution < -0.4 is 15.0 Å². The number of methoxy groups -OCH3 is 1. The maximum Gasteiger partial charge on any atom is 0.258 e. The number of sulfonamides is 1. The van der Waals surface area contributed by atoms with Crippen LogP contribution in [0.5, 0.6) is 11.5 Å². The number of pyridine rings is 1. The molecule has 6 rings (SSSR count). The average molecular weight is 608 g/mol. The van der Waals surface area contributed by atoms with E-state index in [0.717, 1.165) is 22.0 Å². The smallest absolute Gasteiger partial charge is 0.258 e. The van der Waals surface area contributed by atoms with E-state index in [1.165, 1.54) is 0 Å². The fraction of sp³-hybridized carbons (Fsp3) is 0.171. The third-order valence-corrected chi connectivity index (χ3v) is 9.42. The quantitative estimate of drug-likeness (QED) is 0.188. The summed E-state index contributed by atoms with van der Waals surface area (Å²) in [5, 5.41) is 13.2. The van der Waals surface area contributed by atoms with Gasteiger partial charge in [-0.25, -0.2) is 13.1 Å². The minimum absolute atomic E-state index is 0.0929. The molecule has 44 heavy (non-hydrogen) atoms. The highest BCUT2D eigenvalue weighted by molar-refractivity contribution is 7.88. The highest BCUT2D eigenvalue weighted by atomic mass is 32.2. The van der Waals surface area contributed by atoms with E-state index in [2.05, 4.69) is 9.71 Å². The Morgan fingerprint density at radius 3 is 2.39 bits per heavy atom. The molecule has 0 radical (unpaired) electrons. The van der Waals surface area contributed by atoms with Crippen molar-refractivity contribution in [1.29, 1.82) is 0 Å². The molecule has 3 N–H and O–H groups in total. The van der Waals surface area contributed by atoms with Crippen molar-refractivity contribution in [3.05, 3.63) is 141 Å². The molecule has 0 fully saturated rings. The number of para-hydroxylation sites is 2. The van der Waals surface area contributed by atoms with E-state index in [0.29, 0.717) is 34.3 Å². The van der Waals surface area contributed by atoms with E-state index in [4.69, 9.17) is 4.74 Å². The van der Waals surface area contributed by atoms with Gasteiger partial charge in [-0.05, 0) is 53.4 Å². The summed E-state index contributed by atoms with van der Waals surface area (Å²) in [6.45, 7) is 0.149. The lowest BCUT2D eigenvalue weighted by Gasteiger charge is -2.22. The van der Waals surface area contributed by atoms with Crippen molar-refractivity contribution in [3.8, 4) is 11.5 Å². The first-order chi connectivity index (χ1) is 21.3. The Labute approximate surface area is 255 Å². The maximum absolute atomic E-state index is 14.1. The molecule has 2 heterocycles. The molecule has 4 aromatic carbocycles. The Morgan fingerprint density at radius 1 is 0.909 bits per heavy atom. The summed E-state index contributed by atoms with van der Waals surface area (Å²) in [6, 6.07) is 31.5. The molecule has 0 aliphatic rings. The van der Waals surface area contributed by atoms with Crippen molar-refractivity contribution in [3.63, 3.8) is 0 Å². The largest absolute Gasteiger partial charge is 0.507 e. The van der Waals surface area contributed by atoms with Crippen molar-refractivity contribution in [2.45, 2.75) is 18.1 Å². The van der Waals surface area contributed by atoms with Crippen molar-refractivity contribution in [1.82, 2.24) is 14.3 Å². The Morgan fingerprint density at radius 2 is 1.61 bits per heavy atom. The second-order valence-electron chi connectivity index (χ2n) is 10.8. The summed E-state index contributed by atoms with van der Waals surface area (Å²) in [5.74, 6) is -0.320. The van der Waals surface area contributed by atoms with Crippen LogP contribution >= 0.6 is 0 Å². The third kappa shape index (κ3) is 5.59. The van der Waals surface area contributed by atoms with Gasteiger partial charge in [0.25, 0.3) is 5.56 Å². The van der Waals surface area contributed by atoms with Crippen LogP contribution in [0.25, 0.3) is 21.8 Å². The van der Waals surface area contributed by atoms with E-state index >= 15 is 0 Å². The number of fused-ring (bicyclic) bond motifs is 2. The predicted octanol–water partition coefficient (Wildman–Crippen LogP) is 5.58. The molecular formula is C35H33N3O5S. The molecular weight excluding hydrogens is 574 g/mol. The lowest BCUT2D eigenvalue weighted by molar-refractivity contribution is 0.414. The topological polar surface area (TPSA) is 113 Å². The first-order valence-corrected chi connectivity index (χ1v) is 16.0. The van der Waals surface area contributed by atoms with Crippen LogP contribution in [-0.2, 0) is 29.2 Å². The van der Waals surface area contributed by atoms with Crippen LogP contribution in [0.15, 0.2) is 108 Å². The number of rotatable bonds is 10. The molecule has 8 nitrogen and oxygen atoms in total. The van der Waals surface area contributed by atoms with Gasteiger partial charge in [0, 0.05) is 35.6 Å². The standard InChI is InChI=1S/C35H33N3O5S/c1-38-30-18-9-7-16-28(30)34(39)32(35(38)40)31(24-13-10-14-25(21-24)43-2)33-27(26-15-6-8-17-29(26)37-33)19-20-36-44(41,42)22-23-11-4-3-5-12-23/h3-18,21,31,36-37,39H,19-20,22H2,1-2H3. The lowest BCUT2D eigenvalue weighted by atomic mass is 9.85. The molecule has 0 spiro atoms. The summed E-state index contributed by atoms with van der Waals surface area (Å²) in [6.07, 6.45) is 0.350. The number of aromatic hydroxyl groups is 1. The molecule has 0 saturated heterocycles. The Hall–Kier alpha value is -4.86. The summed E-state index contributed by atoms with van der Waals surface area (Å²) in [7, 11) is -0.323. The molecule has 1 atom stereocenters. The zero-order valence-electron chi connectivity index (χ0n) is 24.4. The lowest BCUT2D eigenvalue weighted by Crippen LogP contribution is -2.28. The molecule has 6 aromatic rings. The van der Waals surface area contributed by atoms with E-state index < -0.39 is 15.9 Å². The van der Waals surface area contributed by atoms with Crippen LogP contribution in [0, 0.1) is 0 Å². The molecule has 9 heteroatoms. The Bertz CT molecular complexity index is 2140. The molecule has 2 aromatic heterocycles. The summed E-state index contributed by atoms with van der Waals surface area (Å²) >= 11 is 0. The molecule has 0 aliphatic heterocycles. The second kappa shape index (κ2) is 12.0. The van der Waals surface area contributed by atoms with Crippen molar-refractivity contribution < 1.29 is 18.3 Å². The van der Waals surface area contributed by atoms with Crippen LogP contribution in [-0.4, -0.2) is 36.7 Å². The van der Waals surface area contributed by atoms with Crippen LogP contribution in [0.4, 0.5) is 0 Å². The number of aryl methyl sites for hydroxylation is 1. The number of aromatic nitrogens is 2. The van der Waals surface area contributed by atoms with Crippen LogP contribution in [0.3, 0.4) is 0 Å². The van der Waals surface area contributed by atoms with Gasteiger partial charge in [0.05, 0.1) is 29.9 Å². The normalized spacial score (nSPS) is 12.5. The highest BCUT2D eigenvalue weighted by Crippen LogP contribution is 2.41. The molecule has 1 unspecified atom stereocenters. The zero-order chi connectivity index (χ0) is 30.8. The molecule has 0 aliphatic carbocycles. The van der Waals surface area contributed by atoms with Gasteiger partial charge in [-0.3, -0.25) is 4.79 Å². The number of hydrogen-bond acceptors (Lipinski definition) is 5. The Balaban J connectivity index is 1.50. The zero-order valence-corrected chi connectivity index (χ0v) is 25.3. The van der Waals surface area contributed by atoms with Gasteiger partial charge in [-0.15, -0.1) is 0 Å². The fourth-order valence-electron chi connectivity index (χ4n) is 5.97. The number of aromatic amines is 1. The number of ether oxygens (including phenoxy) is 1. The minimum Gasteiger partial charge on any atom is -0.507 e. The highest BCUT2D eigenvalue weighted by Gasteiger charge is 2.30.